The Morgan fingerprint density at radius 1 is 1.25 bits per heavy atom. The third-order valence-electron chi connectivity index (χ3n) is 3.35. The number of hydrogen-bond acceptors (Lipinski definition) is 2. The van der Waals surface area contributed by atoms with Gasteiger partial charge >= 0.3 is 6.18 Å². The average Bonchev–Trinajstić information content (AvgIpc) is 2.34. The molecule has 1 rings (SSSR count). The molecule has 1 fully saturated rings. The Kier molecular flexibility index (Phi) is 6.64. The van der Waals surface area contributed by atoms with Crippen LogP contribution in [0.3, 0.4) is 0 Å². The summed E-state index contributed by atoms with van der Waals surface area (Å²) in [6.07, 6.45) is -6.12. The monoisotopic (exact) mass is 302 g/mol. The largest absolute Gasteiger partial charge is 0.390 e. The van der Waals surface area contributed by atoms with Gasteiger partial charge in [-0.2, -0.15) is 13.2 Å². The average molecular weight is 302 g/mol. The summed E-state index contributed by atoms with van der Waals surface area (Å²) in [4.78, 5) is 13.1. The molecule has 0 aromatic heterocycles. The van der Waals surface area contributed by atoms with Crippen molar-refractivity contribution < 1.29 is 26.7 Å². The van der Waals surface area contributed by atoms with Crippen LogP contribution in [0.2, 0.25) is 0 Å². The number of nitrogens with one attached hydrogen (secondary N) is 1. The van der Waals surface area contributed by atoms with Crippen molar-refractivity contribution >= 4 is 5.91 Å². The number of hydrogen-bond donors (Lipinski definition) is 1. The second kappa shape index (κ2) is 7.75. The zero-order valence-corrected chi connectivity index (χ0v) is 11.1. The van der Waals surface area contributed by atoms with Crippen molar-refractivity contribution in [3.8, 4) is 0 Å². The number of piperidine rings is 1. The van der Waals surface area contributed by atoms with Crippen molar-refractivity contribution in [3.05, 3.63) is 0 Å². The Hall–Kier alpha value is -0.920. The quantitative estimate of drug-likeness (QED) is 0.764. The molecule has 1 aliphatic heterocycles. The Morgan fingerprint density at radius 3 is 2.35 bits per heavy atom. The molecular weight excluding hydrogens is 283 g/mol. The Bertz CT molecular complexity index is 301. The third-order valence-corrected chi connectivity index (χ3v) is 3.35. The fourth-order valence-electron chi connectivity index (χ4n) is 2.22. The first kappa shape index (κ1) is 17.1. The number of amides is 1. The zero-order valence-electron chi connectivity index (χ0n) is 11.1. The maximum atomic E-state index is 12.1. The van der Waals surface area contributed by atoms with Crippen molar-refractivity contribution in [2.24, 2.45) is 5.92 Å². The van der Waals surface area contributed by atoms with Gasteiger partial charge < -0.3 is 10.2 Å². The lowest BCUT2D eigenvalue weighted by Crippen LogP contribution is -2.38. The number of halogens is 5. The molecule has 0 unspecified atom stereocenters. The first-order chi connectivity index (χ1) is 9.26. The maximum Gasteiger partial charge on any atom is 0.390 e. The molecule has 0 bridgehead atoms. The van der Waals surface area contributed by atoms with Crippen molar-refractivity contribution in [3.63, 3.8) is 0 Å². The molecule has 0 aromatic carbocycles. The van der Waals surface area contributed by atoms with Crippen LogP contribution in [-0.4, -0.2) is 49.6 Å². The predicted octanol–water partition coefficient (Wildman–Crippen LogP) is 2.42. The fourth-order valence-corrected chi connectivity index (χ4v) is 2.22. The number of likely N-dealkylation sites (tertiary alicyclic amines) is 1. The lowest BCUT2D eigenvalue weighted by Gasteiger charge is -2.31. The Morgan fingerprint density at radius 2 is 1.85 bits per heavy atom. The summed E-state index contributed by atoms with van der Waals surface area (Å²) < 4.78 is 60.0. The first-order valence-electron chi connectivity index (χ1n) is 6.60. The summed E-state index contributed by atoms with van der Waals surface area (Å²) in [5.41, 5.74) is 0. The minimum Gasteiger partial charge on any atom is -0.350 e. The molecule has 8 heteroatoms. The van der Waals surface area contributed by atoms with Crippen molar-refractivity contribution in [2.75, 3.05) is 26.2 Å². The van der Waals surface area contributed by atoms with Crippen LogP contribution in [0.15, 0.2) is 0 Å². The smallest absolute Gasteiger partial charge is 0.350 e. The molecule has 0 atom stereocenters. The van der Waals surface area contributed by atoms with Gasteiger partial charge in [0.1, 0.15) is 0 Å². The second-order valence-electron chi connectivity index (χ2n) is 5.05. The molecule has 0 spiro atoms. The summed E-state index contributed by atoms with van der Waals surface area (Å²) >= 11 is 0. The van der Waals surface area contributed by atoms with E-state index in [9.17, 15) is 26.7 Å². The van der Waals surface area contributed by atoms with Crippen LogP contribution < -0.4 is 5.32 Å². The van der Waals surface area contributed by atoms with Gasteiger partial charge in [0.05, 0.1) is 13.0 Å². The van der Waals surface area contributed by atoms with Crippen LogP contribution >= 0.6 is 0 Å². The van der Waals surface area contributed by atoms with Crippen LogP contribution in [0.25, 0.3) is 0 Å². The molecule has 1 saturated heterocycles. The van der Waals surface area contributed by atoms with E-state index < -0.39 is 31.5 Å². The summed E-state index contributed by atoms with van der Waals surface area (Å²) in [6.45, 7) is 0.364. The van der Waals surface area contributed by atoms with E-state index in [2.05, 4.69) is 5.32 Å². The highest BCUT2D eigenvalue weighted by molar-refractivity contribution is 5.76. The molecule has 0 saturated carbocycles. The number of alkyl halides is 5. The van der Waals surface area contributed by atoms with Gasteiger partial charge in [-0.15, -0.1) is 0 Å². The molecule has 1 amide bonds. The fraction of sp³-hybridized carbons (Fsp3) is 0.917. The molecule has 1 N–H and O–H groups in total. The van der Waals surface area contributed by atoms with Crippen LogP contribution in [0.1, 0.15) is 25.7 Å². The van der Waals surface area contributed by atoms with E-state index in [0.29, 0.717) is 25.9 Å². The number of nitrogens with zero attached hydrogens (tertiary/aromatic N) is 1. The molecule has 0 aliphatic carbocycles. The van der Waals surface area contributed by atoms with E-state index in [1.807, 2.05) is 0 Å². The topological polar surface area (TPSA) is 32.3 Å². The summed E-state index contributed by atoms with van der Waals surface area (Å²) in [5, 5.41) is 2.13. The predicted molar refractivity (Wildman–Crippen MR) is 63.5 cm³/mol. The van der Waals surface area contributed by atoms with Crippen LogP contribution in [-0.2, 0) is 4.79 Å². The van der Waals surface area contributed by atoms with E-state index in [1.54, 1.807) is 4.90 Å². The van der Waals surface area contributed by atoms with Crippen LogP contribution in [0.4, 0.5) is 22.0 Å². The van der Waals surface area contributed by atoms with E-state index >= 15 is 0 Å². The first-order valence-corrected chi connectivity index (χ1v) is 6.60. The van der Waals surface area contributed by atoms with Gasteiger partial charge in [0.25, 0.3) is 6.43 Å². The number of carbonyl (C=O) groups is 1. The van der Waals surface area contributed by atoms with E-state index in [0.717, 1.165) is 0 Å². The molecule has 1 heterocycles. The lowest BCUT2D eigenvalue weighted by atomic mass is 9.93. The minimum absolute atomic E-state index is 0.0200. The minimum atomic E-state index is -4.15. The summed E-state index contributed by atoms with van der Waals surface area (Å²) in [5.74, 6) is -0.353. The molecule has 0 aromatic rings. The van der Waals surface area contributed by atoms with Crippen molar-refractivity contribution in [1.82, 2.24) is 10.2 Å². The van der Waals surface area contributed by atoms with Gasteiger partial charge in [-0.3, -0.25) is 4.79 Å². The molecule has 20 heavy (non-hydrogen) atoms. The SMILES string of the molecule is O=C(CC1CCN(CCC(F)(F)F)CC1)NCC(F)F. The zero-order chi connectivity index (χ0) is 15.2. The molecular formula is C12H19F5N2O. The van der Waals surface area contributed by atoms with E-state index in [-0.39, 0.29) is 18.9 Å². The molecule has 1 aliphatic rings. The van der Waals surface area contributed by atoms with Crippen LogP contribution in [0, 0.1) is 5.92 Å². The van der Waals surface area contributed by atoms with Gasteiger partial charge in [-0.1, -0.05) is 0 Å². The highest BCUT2D eigenvalue weighted by Gasteiger charge is 2.29. The van der Waals surface area contributed by atoms with Gasteiger partial charge in [-0.05, 0) is 31.8 Å². The van der Waals surface area contributed by atoms with Gasteiger partial charge in [0.2, 0.25) is 5.91 Å². The number of rotatable bonds is 6. The third kappa shape index (κ3) is 7.62. The van der Waals surface area contributed by atoms with Crippen molar-refractivity contribution in [2.45, 2.75) is 38.3 Å². The van der Waals surface area contributed by atoms with E-state index in [1.165, 1.54) is 0 Å². The lowest BCUT2D eigenvalue weighted by molar-refractivity contribution is -0.138. The van der Waals surface area contributed by atoms with Gasteiger partial charge in [-0.25, -0.2) is 8.78 Å². The molecule has 0 radical (unpaired) electrons. The highest BCUT2D eigenvalue weighted by Crippen LogP contribution is 2.24. The molecule has 3 nitrogen and oxygen atoms in total. The summed E-state index contributed by atoms with van der Waals surface area (Å²) in [6, 6.07) is 0. The van der Waals surface area contributed by atoms with Gasteiger partial charge in [0.15, 0.2) is 0 Å². The summed E-state index contributed by atoms with van der Waals surface area (Å²) in [7, 11) is 0. The van der Waals surface area contributed by atoms with Gasteiger partial charge in [0, 0.05) is 13.0 Å². The Labute approximate surface area is 114 Å². The van der Waals surface area contributed by atoms with Crippen molar-refractivity contribution in [1.29, 1.82) is 0 Å². The number of carbonyl (C=O) groups excluding carboxylic acids is 1. The normalized spacial score (nSPS) is 18.5. The van der Waals surface area contributed by atoms with Crippen LogP contribution in [0.5, 0.6) is 0 Å². The van der Waals surface area contributed by atoms with E-state index in [4.69, 9.17) is 0 Å². The Balaban J connectivity index is 2.17. The maximum absolute atomic E-state index is 12.1. The highest BCUT2D eigenvalue weighted by atomic mass is 19.4. The molecule has 118 valence electrons. The second-order valence-corrected chi connectivity index (χ2v) is 5.05. The standard InChI is InChI=1S/C12H19F5N2O/c13-10(14)8-18-11(20)7-9-1-4-19(5-2-9)6-3-12(15,16)17/h9-10H,1-8H2,(H,18,20).